The Morgan fingerprint density at radius 2 is 1.82 bits per heavy atom. The third kappa shape index (κ3) is 5.08. The molecule has 2 aromatic rings. The first-order valence-electron chi connectivity index (χ1n) is 9.52. The van der Waals surface area contributed by atoms with Gasteiger partial charge in [0.2, 0.25) is 5.91 Å². The summed E-state index contributed by atoms with van der Waals surface area (Å²) in [6.07, 6.45) is -5.53. The summed E-state index contributed by atoms with van der Waals surface area (Å²) in [5.41, 5.74) is -2.64. The van der Waals surface area contributed by atoms with E-state index in [1.807, 2.05) is 0 Å². The van der Waals surface area contributed by atoms with Crippen LogP contribution in [0.4, 0.5) is 13.2 Å². The van der Waals surface area contributed by atoms with Crippen LogP contribution in [-0.2, 0) is 15.2 Å². The number of thiophene rings is 1. The summed E-state index contributed by atoms with van der Waals surface area (Å²) in [6, 6.07) is 3.63. The van der Waals surface area contributed by atoms with Gasteiger partial charge in [-0.25, -0.2) is 0 Å². The predicted octanol–water partition coefficient (Wildman–Crippen LogP) is 5.46. The Kier molecular flexibility index (Phi) is 7.52. The number of nitrogens with one attached hydrogen (secondary N) is 2. The van der Waals surface area contributed by atoms with Gasteiger partial charge < -0.3 is 15.5 Å². The number of hydrogen-bond donors (Lipinski definition) is 2. The number of oxime groups is 1. The highest BCUT2D eigenvalue weighted by Gasteiger charge is 2.62. The van der Waals surface area contributed by atoms with E-state index in [9.17, 15) is 22.8 Å². The molecule has 1 aliphatic rings. The van der Waals surface area contributed by atoms with E-state index in [1.165, 1.54) is 0 Å². The number of rotatable bonds is 6. The van der Waals surface area contributed by atoms with Crippen LogP contribution in [0.2, 0.25) is 15.1 Å². The van der Waals surface area contributed by atoms with Gasteiger partial charge in [0.15, 0.2) is 0 Å². The van der Waals surface area contributed by atoms with Gasteiger partial charge in [-0.1, -0.05) is 40.0 Å². The van der Waals surface area contributed by atoms with Crippen LogP contribution in [0.1, 0.15) is 39.0 Å². The number of aryl methyl sites for hydroxylation is 1. The SMILES string of the molecule is CCNC(=O)CNC(=O)c1sc(C2=NOC(c3cc(Cl)c(Cl)c(Cl)c3)(C(F)(F)F)C2)cc1C. The molecule has 13 heteroatoms. The third-order valence-corrected chi connectivity index (χ3v) is 7.31. The largest absolute Gasteiger partial charge is 0.435 e. The Hall–Kier alpha value is -2.01. The van der Waals surface area contributed by atoms with Crippen LogP contribution in [0.15, 0.2) is 23.4 Å². The molecule has 6 nitrogen and oxygen atoms in total. The van der Waals surface area contributed by atoms with Crippen molar-refractivity contribution in [2.24, 2.45) is 5.16 Å². The molecule has 0 fully saturated rings. The van der Waals surface area contributed by atoms with Gasteiger partial charge >= 0.3 is 6.18 Å². The Balaban J connectivity index is 1.87. The first-order valence-corrected chi connectivity index (χ1v) is 11.5. The Labute approximate surface area is 206 Å². The molecule has 1 atom stereocenters. The highest BCUT2D eigenvalue weighted by atomic mass is 35.5. The van der Waals surface area contributed by atoms with E-state index in [4.69, 9.17) is 39.6 Å². The zero-order chi connectivity index (χ0) is 24.6. The molecule has 2 heterocycles. The summed E-state index contributed by atoms with van der Waals surface area (Å²) < 4.78 is 42.6. The summed E-state index contributed by atoms with van der Waals surface area (Å²) in [4.78, 5) is 29.6. The maximum atomic E-state index is 14.2. The Bertz CT molecular complexity index is 1110. The van der Waals surface area contributed by atoms with E-state index in [2.05, 4.69) is 15.8 Å². The average molecular weight is 543 g/mol. The van der Waals surface area contributed by atoms with Gasteiger partial charge in [-0.15, -0.1) is 11.3 Å². The first-order chi connectivity index (χ1) is 15.4. The van der Waals surface area contributed by atoms with Crippen LogP contribution in [0.5, 0.6) is 0 Å². The Morgan fingerprint density at radius 3 is 2.39 bits per heavy atom. The molecule has 1 aliphatic heterocycles. The third-order valence-electron chi connectivity index (χ3n) is 4.83. The van der Waals surface area contributed by atoms with Gasteiger partial charge in [0, 0.05) is 12.1 Å². The lowest BCUT2D eigenvalue weighted by Gasteiger charge is -2.29. The number of nitrogens with zero attached hydrogens (tertiary/aromatic N) is 1. The van der Waals surface area contributed by atoms with Crippen molar-refractivity contribution in [2.75, 3.05) is 13.1 Å². The van der Waals surface area contributed by atoms with Crippen molar-refractivity contribution in [1.82, 2.24) is 10.6 Å². The smallest absolute Gasteiger partial charge is 0.374 e. The van der Waals surface area contributed by atoms with Gasteiger partial charge in [-0.3, -0.25) is 9.59 Å². The summed E-state index contributed by atoms with van der Waals surface area (Å²) in [7, 11) is 0. The average Bonchev–Trinajstić information content (AvgIpc) is 3.35. The zero-order valence-electron chi connectivity index (χ0n) is 17.2. The molecule has 1 aromatic heterocycles. The molecule has 0 saturated heterocycles. The van der Waals surface area contributed by atoms with Gasteiger partial charge in [-0.2, -0.15) is 13.2 Å². The van der Waals surface area contributed by atoms with Crippen LogP contribution >= 0.6 is 46.1 Å². The summed E-state index contributed by atoms with van der Waals surface area (Å²) in [5.74, 6) is -0.878. The molecule has 1 unspecified atom stereocenters. The minimum Gasteiger partial charge on any atom is -0.374 e. The minimum absolute atomic E-state index is 0.00500. The maximum absolute atomic E-state index is 14.2. The topological polar surface area (TPSA) is 79.8 Å². The van der Waals surface area contributed by atoms with Gasteiger partial charge in [0.25, 0.3) is 11.5 Å². The lowest BCUT2D eigenvalue weighted by atomic mass is 9.88. The number of hydrogen-bond acceptors (Lipinski definition) is 5. The normalized spacial score (nSPS) is 18.0. The predicted molar refractivity (Wildman–Crippen MR) is 122 cm³/mol. The molecule has 0 spiro atoms. The maximum Gasteiger partial charge on any atom is 0.435 e. The monoisotopic (exact) mass is 541 g/mol. The summed E-state index contributed by atoms with van der Waals surface area (Å²) in [6.45, 7) is 3.57. The number of alkyl halides is 3. The van der Waals surface area contributed by atoms with Crippen molar-refractivity contribution in [3.63, 3.8) is 0 Å². The van der Waals surface area contributed by atoms with Crippen LogP contribution < -0.4 is 10.6 Å². The van der Waals surface area contributed by atoms with Crippen molar-refractivity contribution < 1.29 is 27.6 Å². The molecule has 2 amide bonds. The lowest BCUT2D eigenvalue weighted by Crippen LogP contribution is -2.42. The zero-order valence-corrected chi connectivity index (χ0v) is 20.3. The molecule has 2 N–H and O–H groups in total. The van der Waals surface area contributed by atoms with Crippen molar-refractivity contribution in [2.45, 2.75) is 32.0 Å². The summed E-state index contributed by atoms with van der Waals surface area (Å²) >= 11 is 18.7. The van der Waals surface area contributed by atoms with Crippen molar-refractivity contribution in [3.05, 3.63) is 54.1 Å². The van der Waals surface area contributed by atoms with Gasteiger partial charge in [0.1, 0.15) is 5.71 Å². The molecule has 0 bridgehead atoms. The molecule has 1 aromatic carbocycles. The van der Waals surface area contributed by atoms with Crippen LogP contribution in [0.25, 0.3) is 0 Å². The van der Waals surface area contributed by atoms with E-state index in [0.717, 1.165) is 23.5 Å². The highest BCUT2D eigenvalue weighted by Crippen LogP contribution is 2.51. The second-order valence-corrected chi connectivity index (χ2v) is 9.39. The van der Waals surface area contributed by atoms with Crippen molar-refractivity contribution in [1.29, 1.82) is 0 Å². The molecule has 3 rings (SSSR count). The first kappa shape index (κ1) is 25.6. The molecule has 178 valence electrons. The minimum atomic E-state index is -4.86. The fourth-order valence-corrected chi connectivity index (χ4v) is 4.84. The molecule has 33 heavy (non-hydrogen) atoms. The van der Waals surface area contributed by atoms with Crippen molar-refractivity contribution >= 4 is 63.7 Å². The van der Waals surface area contributed by atoms with Crippen LogP contribution in [-0.4, -0.2) is 36.8 Å². The molecule has 0 aliphatic carbocycles. The highest BCUT2D eigenvalue weighted by molar-refractivity contribution is 7.16. The van der Waals surface area contributed by atoms with Gasteiger partial charge in [0.05, 0.1) is 37.8 Å². The number of amides is 2. The fourth-order valence-electron chi connectivity index (χ4n) is 3.17. The van der Waals surface area contributed by atoms with Crippen LogP contribution in [0.3, 0.4) is 0 Å². The second kappa shape index (κ2) is 9.69. The van der Waals surface area contributed by atoms with Crippen LogP contribution in [0, 0.1) is 6.92 Å². The van der Waals surface area contributed by atoms with E-state index >= 15 is 0 Å². The standard InChI is InChI=1S/C20H17Cl3F3N3O3S/c1-3-27-15(30)8-28-18(31)17-9(2)4-14(33-17)13-7-19(32-29-13,20(24,25)26)10-5-11(21)16(23)12(22)6-10/h4-6H,3,7-8H2,1-2H3,(H,27,30)(H,28,31). The molecular formula is C20H17Cl3F3N3O3S. The molecular weight excluding hydrogens is 526 g/mol. The number of halogens is 6. The molecule has 0 saturated carbocycles. The van der Waals surface area contributed by atoms with E-state index < -0.39 is 24.1 Å². The quantitative estimate of drug-likeness (QED) is 0.476. The van der Waals surface area contributed by atoms with E-state index in [-0.39, 0.29) is 43.7 Å². The number of carbonyl (C=O) groups excluding carboxylic acids is 2. The number of benzene rings is 1. The lowest BCUT2D eigenvalue weighted by molar-refractivity contribution is -0.275. The summed E-state index contributed by atoms with van der Waals surface area (Å²) in [5, 5.41) is 8.33. The number of carbonyl (C=O) groups is 2. The van der Waals surface area contributed by atoms with E-state index in [1.54, 1.807) is 19.9 Å². The van der Waals surface area contributed by atoms with Gasteiger partial charge in [-0.05, 0) is 37.6 Å². The molecule has 0 radical (unpaired) electrons. The van der Waals surface area contributed by atoms with E-state index in [0.29, 0.717) is 17.0 Å². The number of likely N-dealkylation sites (N-methyl/N-ethyl adjacent to an activating group) is 1. The van der Waals surface area contributed by atoms with Crippen molar-refractivity contribution in [3.8, 4) is 0 Å². The second-order valence-electron chi connectivity index (χ2n) is 7.14. The Morgan fingerprint density at radius 1 is 1.18 bits per heavy atom. The fraction of sp³-hybridized carbons (Fsp3) is 0.350.